The van der Waals surface area contributed by atoms with Crippen molar-refractivity contribution in [3.05, 3.63) is 89.6 Å². The standard InChI is InChI=1S/C24H20ClN3O2/c25-19-9-5-17(6-10-19)13-14-26-24(29)16-30-20-11-7-18(8-12-20)23-15-27-21-3-1-2-4-22(21)28-23/h1-12,15H,13-14,16H2,(H,26,29). The molecule has 150 valence electrons. The van der Waals surface area contributed by atoms with Crippen molar-refractivity contribution >= 4 is 28.5 Å². The lowest BCUT2D eigenvalue weighted by Gasteiger charge is -2.09. The molecule has 0 atom stereocenters. The van der Waals surface area contributed by atoms with Gasteiger partial charge < -0.3 is 10.1 Å². The summed E-state index contributed by atoms with van der Waals surface area (Å²) < 4.78 is 5.58. The lowest BCUT2D eigenvalue weighted by atomic mass is 10.1. The van der Waals surface area contributed by atoms with Crippen LogP contribution >= 0.6 is 11.6 Å². The van der Waals surface area contributed by atoms with E-state index in [4.69, 9.17) is 16.3 Å². The van der Waals surface area contributed by atoms with E-state index < -0.39 is 0 Å². The summed E-state index contributed by atoms with van der Waals surface area (Å²) in [5.41, 5.74) is 4.56. The maximum atomic E-state index is 12.0. The molecule has 1 aromatic heterocycles. The molecule has 4 rings (SSSR count). The Morgan fingerprint density at radius 3 is 2.43 bits per heavy atom. The van der Waals surface area contributed by atoms with E-state index in [0.29, 0.717) is 17.3 Å². The Labute approximate surface area is 179 Å². The van der Waals surface area contributed by atoms with Crippen molar-refractivity contribution in [2.24, 2.45) is 0 Å². The van der Waals surface area contributed by atoms with E-state index in [1.54, 1.807) is 6.20 Å². The van der Waals surface area contributed by atoms with Crippen molar-refractivity contribution in [3.63, 3.8) is 0 Å². The molecule has 0 aliphatic carbocycles. The highest BCUT2D eigenvalue weighted by atomic mass is 35.5. The second kappa shape index (κ2) is 9.37. The van der Waals surface area contributed by atoms with E-state index in [1.165, 1.54) is 0 Å². The van der Waals surface area contributed by atoms with Gasteiger partial charge in [0.1, 0.15) is 5.75 Å². The number of amides is 1. The maximum absolute atomic E-state index is 12.0. The highest BCUT2D eigenvalue weighted by Crippen LogP contribution is 2.22. The molecule has 1 N–H and O–H groups in total. The number of fused-ring (bicyclic) bond motifs is 1. The maximum Gasteiger partial charge on any atom is 0.257 e. The summed E-state index contributed by atoms with van der Waals surface area (Å²) in [7, 11) is 0. The third-order valence-electron chi connectivity index (χ3n) is 4.62. The summed E-state index contributed by atoms with van der Waals surface area (Å²) in [6, 6.07) is 22.8. The summed E-state index contributed by atoms with van der Waals surface area (Å²) >= 11 is 5.87. The van der Waals surface area contributed by atoms with Crippen LogP contribution in [0.3, 0.4) is 0 Å². The first-order valence-electron chi connectivity index (χ1n) is 9.63. The minimum Gasteiger partial charge on any atom is -0.484 e. The monoisotopic (exact) mass is 417 g/mol. The van der Waals surface area contributed by atoms with Crippen molar-refractivity contribution < 1.29 is 9.53 Å². The molecule has 1 amide bonds. The summed E-state index contributed by atoms with van der Waals surface area (Å²) in [6.45, 7) is 0.513. The minimum atomic E-state index is -0.159. The molecule has 0 saturated heterocycles. The Kier molecular flexibility index (Phi) is 6.20. The van der Waals surface area contributed by atoms with E-state index in [0.717, 1.165) is 34.3 Å². The number of aromatic nitrogens is 2. The number of carbonyl (C=O) groups excluding carboxylic acids is 1. The molecule has 0 fully saturated rings. The van der Waals surface area contributed by atoms with Crippen LogP contribution in [0.2, 0.25) is 5.02 Å². The number of carbonyl (C=O) groups is 1. The predicted molar refractivity (Wildman–Crippen MR) is 119 cm³/mol. The molecule has 0 saturated carbocycles. The zero-order valence-electron chi connectivity index (χ0n) is 16.2. The zero-order valence-corrected chi connectivity index (χ0v) is 17.0. The first-order chi connectivity index (χ1) is 14.7. The molecular formula is C24H20ClN3O2. The van der Waals surface area contributed by atoms with Crippen LogP contribution < -0.4 is 10.1 Å². The second-order valence-corrected chi connectivity index (χ2v) is 7.22. The van der Waals surface area contributed by atoms with Gasteiger partial charge in [0.05, 0.1) is 22.9 Å². The van der Waals surface area contributed by atoms with Gasteiger partial charge in [-0.3, -0.25) is 9.78 Å². The third-order valence-corrected chi connectivity index (χ3v) is 4.87. The smallest absolute Gasteiger partial charge is 0.257 e. The SMILES string of the molecule is O=C(COc1ccc(-c2cnc3ccccc3n2)cc1)NCCc1ccc(Cl)cc1. The van der Waals surface area contributed by atoms with Crippen LogP contribution in [-0.4, -0.2) is 29.0 Å². The Morgan fingerprint density at radius 1 is 0.933 bits per heavy atom. The molecule has 30 heavy (non-hydrogen) atoms. The largest absolute Gasteiger partial charge is 0.484 e. The number of para-hydroxylation sites is 2. The van der Waals surface area contributed by atoms with E-state index in [9.17, 15) is 4.79 Å². The number of nitrogens with one attached hydrogen (secondary N) is 1. The van der Waals surface area contributed by atoms with Gasteiger partial charge in [0.25, 0.3) is 5.91 Å². The van der Waals surface area contributed by atoms with Crippen LogP contribution in [-0.2, 0) is 11.2 Å². The summed E-state index contributed by atoms with van der Waals surface area (Å²) in [5.74, 6) is 0.466. The average molecular weight is 418 g/mol. The fourth-order valence-electron chi connectivity index (χ4n) is 3.02. The van der Waals surface area contributed by atoms with Gasteiger partial charge in [0.2, 0.25) is 0 Å². The van der Waals surface area contributed by atoms with Gasteiger partial charge in [-0.15, -0.1) is 0 Å². The number of halogens is 1. The predicted octanol–water partition coefficient (Wildman–Crippen LogP) is 4.69. The van der Waals surface area contributed by atoms with E-state index in [-0.39, 0.29) is 12.5 Å². The van der Waals surface area contributed by atoms with Gasteiger partial charge in [-0.1, -0.05) is 35.9 Å². The minimum absolute atomic E-state index is 0.0320. The van der Waals surface area contributed by atoms with Crippen molar-refractivity contribution in [1.82, 2.24) is 15.3 Å². The van der Waals surface area contributed by atoms with Crippen LogP contribution in [0, 0.1) is 0 Å². The van der Waals surface area contributed by atoms with Crippen LogP contribution in [0.5, 0.6) is 5.75 Å². The summed E-state index contributed by atoms with van der Waals surface area (Å²) in [5, 5.41) is 3.56. The molecule has 0 unspecified atom stereocenters. The molecule has 0 bridgehead atoms. The van der Waals surface area contributed by atoms with Crippen LogP contribution in [0.4, 0.5) is 0 Å². The number of hydrogen-bond donors (Lipinski definition) is 1. The van der Waals surface area contributed by atoms with Crippen molar-refractivity contribution in [1.29, 1.82) is 0 Å². The molecular weight excluding hydrogens is 398 g/mol. The van der Waals surface area contributed by atoms with Gasteiger partial charge >= 0.3 is 0 Å². The van der Waals surface area contributed by atoms with Gasteiger partial charge in [-0.2, -0.15) is 0 Å². The number of benzene rings is 3. The molecule has 4 aromatic rings. The van der Waals surface area contributed by atoms with Gasteiger partial charge in [0.15, 0.2) is 6.61 Å². The molecule has 0 aliphatic rings. The summed E-state index contributed by atoms with van der Waals surface area (Å²) in [6.07, 6.45) is 2.50. The first-order valence-corrected chi connectivity index (χ1v) is 10.0. The third kappa shape index (κ3) is 5.13. The quantitative estimate of drug-likeness (QED) is 0.474. The Hall–Kier alpha value is -3.44. The van der Waals surface area contributed by atoms with Crippen molar-refractivity contribution in [2.45, 2.75) is 6.42 Å². The molecule has 3 aromatic carbocycles. The Morgan fingerprint density at radius 2 is 1.67 bits per heavy atom. The fraction of sp³-hybridized carbons (Fsp3) is 0.125. The molecule has 0 spiro atoms. The molecule has 0 radical (unpaired) electrons. The lowest BCUT2D eigenvalue weighted by molar-refractivity contribution is -0.123. The van der Waals surface area contributed by atoms with E-state index in [2.05, 4.69) is 15.3 Å². The number of hydrogen-bond acceptors (Lipinski definition) is 4. The average Bonchev–Trinajstić information content (AvgIpc) is 2.79. The number of rotatable bonds is 7. The lowest BCUT2D eigenvalue weighted by Crippen LogP contribution is -2.30. The fourth-order valence-corrected chi connectivity index (χ4v) is 3.14. The second-order valence-electron chi connectivity index (χ2n) is 6.78. The summed E-state index contributed by atoms with van der Waals surface area (Å²) in [4.78, 5) is 21.1. The van der Waals surface area contributed by atoms with Crippen molar-refractivity contribution in [3.8, 4) is 17.0 Å². The normalized spacial score (nSPS) is 10.7. The molecule has 5 nitrogen and oxygen atoms in total. The molecule has 1 heterocycles. The van der Waals surface area contributed by atoms with Gasteiger partial charge in [-0.25, -0.2) is 4.98 Å². The Balaban J connectivity index is 1.27. The number of nitrogens with zero attached hydrogens (tertiary/aromatic N) is 2. The topological polar surface area (TPSA) is 64.1 Å². The van der Waals surface area contributed by atoms with E-state index >= 15 is 0 Å². The van der Waals surface area contributed by atoms with Crippen LogP contribution in [0.25, 0.3) is 22.3 Å². The zero-order chi connectivity index (χ0) is 20.8. The Bertz CT molecular complexity index is 1150. The molecule has 0 aliphatic heterocycles. The van der Waals surface area contributed by atoms with Crippen molar-refractivity contribution in [2.75, 3.05) is 13.2 Å². The number of ether oxygens (including phenoxy) is 1. The van der Waals surface area contributed by atoms with Gasteiger partial charge in [-0.05, 0) is 60.5 Å². The first kappa shape index (κ1) is 19.9. The molecule has 6 heteroatoms. The van der Waals surface area contributed by atoms with Gasteiger partial charge in [0, 0.05) is 17.1 Å². The highest BCUT2D eigenvalue weighted by molar-refractivity contribution is 6.30. The van der Waals surface area contributed by atoms with E-state index in [1.807, 2.05) is 72.8 Å². The highest BCUT2D eigenvalue weighted by Gasteiger charge is 2.05. The van der Waals surface area contributed by atoms with Crippen LogP contribution in [0.1, 0.15) is 5.56 Å². The van der Waals surface area contributed by atoms with Crippen LogP contribution in [0.15, 0.2) is 79.0 Å².